The first kappa shape index (κ1) is 12.7. The Labute approximate surface area is 116 Å². The Kier molecular flexibility index (Phi) is 3.37. The van der Waals surface area contributed by atoms with Crippen LogP contribution in [0, 0.1) is 0 Å². The van der Waals surface area contributed by atoms with Crippen LogP contribution in [0.5, 0.6) is 0 Å². The zero-order valence-electron chi connectivity index (χ0n) is 10.9. The molecule has 2 aromatic heterocycles. The Balaban J connectivity index is 1.65. The van der Waals surface area contributed by atoms with Crippen molar-refractivity contribution in [3.05, 3.63) is 36.4 Å². The van der Waals surface area contributed by atoms with Gasteiger partial charge in [0, 0.05) is 32.1 Å². The fraction of sp³-hybridized carbons (Fsp3) is 0.357. The van der Waals surface area contributed by atoms with E-state index in [1.807, 2.05) is 4.40 Å². The summed E-state index contributed by atoms with van der Waals surface area (Å²) in [5.41, 5.74) is 1.38. The van der Waals surface area contributed by atoms with Gasteiger partial charge in [0.05, 0.1) is 23.6 Å². The molecule has 1 aliphatic heterocycles. The van der Waals surface area contributed by atoms with Gasteiger partial charge in [0.2, 0.25) is 6.41 Å². The standard InChI is InChI=1S/C14H15N3O3/c18-10-16-4-2-13(3-5-16)20-14(19)11-1-6-17-9-15-8-12(17)7-11/h1,6-10,13H,2-5H2. The smallest absolute Gasteiger partial charge is 0.338 e. The number of amides is 1. The maximum absolute atomic E-state index is 12.1. The summed E-state index contributed by atoms with van der Waals surface area (Å²) in [5.74, 6) is -0.321. The zero-order valence-corrected chi connectivity index (χ0v) is 10.9. The third-order valence-electron chi connectivity index (χ3n) is 3.55. The van der Waals surface area contributed by atoms with Crippen molar-refractivity contribution in [2.45, 2.75) is 18.9 Å². The van der Waals surface area contributed by atoms with E-state index in [0.717, 1.165) is 11.9 Å². The number of fused-ring (bicyclic) bond motifs is 1. The van der Waals surface area contributed by atoms with Gasteiger partial charge in [-0.3, -0.25) is 4.79 Å². The zero-order chi connectivity index (χ0) is 13.9. The van der Waals surface area contributed by atoms with E-state index in [-0.39, 0.29) is 12.1 Å². The lowest BCUT2D eigenvalue weighted by Gasteiger charge is -2.28. The summed E-state index contributed by atoms with van der Waals surface area (Å²) in [7, 11) is 0. The van der Waals surface area contributed by atoms with Crippen molar-refractivity contribution in [3.63, 3.8) is 0 Å². The number of imidazole rings is 1. The molecular weight excluding hydrogens is 258 g/mol. The first-order valence-electron chi connectivity index (χ1n) is 6.58. The predicted molar refractivity (Wildman–Crippen MR) is 71.3 cm³/mol. The molecule has 0 unspecified atom stereocenters. The molecule has 1 saturated heterocycles. The topological polar surface area (TPSA) is 63.9 Å². The summed E-state index contributed by atoms with van der Waals surface area (Å²) in [4.78, 5) is 28.4. The van der Waals surface area contributed by atoms with Gasteiger partial charge in [0.15, 0.2) is 0 Å². The molecule has 0 N–H and O–H groups in total. The Morgan fingerprint density at radius 2 is 2.20 bits per heavy atom. The molecule has 104 valence electrons. The van der Waals surface area contributed by atoms with Crippen molar-refractivity contribution >= 4 is 17.9 Å². The number of nitrogens with zero attached hydrogens (tertiary/aromatic N) is 3. The summed E-state index contributed by atoms with van der Waals surface area (Å²) in [6.45, 7) is 1.28. The monoisotopic (exact) mass is 273 g/mol. The Bertz CT molecular complexity index is 629. The number of esters is 1. The first-order valence-corrected chi connectivity index (χ1v) is 6.58. The summed E-state index contributed by atoms with van der Waals surface area (Å²) in [6, 6.07) is 3.48. The molecule has 0 aromatic carbocycles. The van der Waals surface area contributed by atoms with Crippen molar-refractivity contribution in [1.29, 1.82) is 0 Å². The Morgan fingerprint density at radius 1 is 1.40 bits per heavy atom. The highest BCUT2D eigenvalue weighted by atomic mass is 16.5. The molecule has 1 aliphatic rings. The number of piperidine rings is 1. The van der Waals surface area contributed by atoms with Gasteiger partial charge in [-0.05, 0) is 12.1 Å². The van der Waals surface area contributed by atoms with Crippen molar-refractivity contribution in [3.8, 4) is 0 Å². The van der Waals surface area contributed by atoms with Crippen molar-refractivity contribution in [2.24, 2.45) is 0 Å². The molecule has 0 bridgehead atoms. The molecule has 0 radical (unpaired) electrons. The lowest BCUT2D eigenvalue weighted by molar-refractivity contribution is -0.120. The van der Waals surface area contributed by atoms with Gasteiger partial charge >= 0.3 is 5.97 Å². The number of carbonyl (C=O) groups excluding carboxylic acids is 2. The predicted octanol–water partition coefficient (Wildman–Crippen LogP) is 1.11. The van der Waals surface area contributed by atoms with Crippen molar-refractivity contribution in [1.82, 2.24) is 14.3 Å². The maximum atomic E-state index is 12.1. The van der Waals surface area contributed by atoms with Crippen LogP contribution >= 0.6 is 0 Å². The fourth-order valence-corrected chi connectivity index (χ4v) is 2.36. The minimum absolute atomic E-state index is 0.111. The highest BCUT2D eigenvalue weighted by molar-refractivity contribution is 5.90. The maximum Gasteiger partial charge on any atom is 0.338 e. The van der Waals surface area contributed by atoms with E-state index in [1.165, 1.54) is 0 Å². The van der Waals surface area contributed by atoms with Crippen LogP contribution < -0.4 is 0 Å². The van der Waals surface area contributed by atoms with E-state index in [4.69, 9.17) is 4.74 Å². The third-order valence-corrected chi connectivity index (χ3v) is 3.55. The molecule has 3 heterocycles. The van der Waals surface area contributed by atoms with Crippen LogP contribution in [0.4, 0.5) is 0 Å². The normalized spacial score (nSPS) is 16.3. The molecule has 0 saturated carbocycles. The van der Waals surface area contributed by atoms with Crippen LogP contribution in [0.15, 0.2) is 30.9 Å². The van der Waals surface area contributed by atoms with Crippen LogP contribution in [0.1, 0.15) is 23.2 Å². The first-order chi connectivity index (χ1) is 9.76. The molecule has 0 atom stereocenters. The lowest BCUT2D eigenvalue weighted by atomic mass is 10.1. The molecule has 0 aliphatic carbocycles. The van der Waals surface area contributed by atoms with Gasteiger partial charge in [-0.15, -0.1) is 0 Å². The summed E-state index contributed by atoms with van der Waals surface area (Å²) in [6.07, 6.45) is 7.27. The van der Waals surface area contributed by atoms with E-state index >= 15 is 0 Å². The average Bonchev–Trinajstić information content (AvgIpc) is 2.95. The molecule has 2 aromatic rings. The summed E-state index contributed by atoms with van der Waals surface area (Å²) >= 11 is 0. The Hall–Kier alpha value is -2.37. The van der Waals surface area contributed by atoms with Crippen LogP contribution in [-0.2, 0) is 9.53 Å². The number of likely N-dealkylation sites (tertiary alicyclic amines) is 1. The van der Waals surface area contributed by atoms with Crippen LogP contribution in [-0.4, -0.2) is 45.9 Å². The highest BCUT2D eigenvalue weighted by Gasteiger charge is 2.22. The molecule has 1 amide bonds. The number of hydrogen-bond donors (Lipinski definition) is 0. The van der Waals surface area contributed by atoms with Crippen LogP contribution in [0.25, 0.3) is 5.52 Å². The minimum atomic E-state index is -0.321. The number of pyridine rings is 1. The summed E-state index contributed by atoms with van der Waals surface area (Å²) in [5, 5.41) is 0. The van der Waals surface area contributed by atoms with Gasteiger partial charge in [0.25, 0.3) is 0 Å². The number of hydrogen-bond acceptors (Lipinski definition) is 4. The number of aromatic nitrogens is 2. The summed E-state index contributed by atoms with van der Waals surface area (Å²) < 4.78 is 7.32. The van der Waals surface area contributed by atoms with E-state index < -0.39 is 0 Å². The van der Waals surface area contributed by atoms with Crippen LogP contribution in [0.2, 0.25) is 0 Å². The number of ether oxygens (including phenoxy) is 1. The molecule has 1 fully saturated rings. The van der Waals surface area contributed by atoms with Gasteiger partial charge in [-0.1, -0.05) is 0 Å². The van der Waals surface area contributed by atoms with Crippen LogP contribution in [0.3, 0.4) is 0 Å². The second-order valence-electron chi connectivity index (χ2n) is 4.89. The lowest BCUT2D eigenvalue weighted by Crippen LogP contribution is -2.36. The van der Waals surface area contributed by atoms with Gasteiger partial charge in [-0.25, -0.2) is 9.78 Å². The van der Waals surface area contributed by atoms with Gasteiger partial charge in [0.1, 0.15) is 6.10 Å². The second kappa shape index (κ2) is 5.32. The number of rotatable bonds is 3. The molecular formula is C14H15N3O3. The van der Waals surface area contributed by atoms with E-state index in [0.29, 0.717) is 31.5 Å². The Morgan fingerprint density at radius 3 is 2.95 bits per heavy atom. The molecule has 20 heavy (non-hydrogen) atoms. The second-order valence-corrected chi connectivity index (χ2v) is 4.89. The number of carbonyl (C=O) groups is 2. The quantitative estimate of drug-likeness (QED) is 0.621. The average molecular weight is 273 g/mol. The molecule has 6 nitrogen and oxygen atoms in total. The van der Waals surface area contributed by atoms with Gasteiger partial charge in [-0.2, -0.15) is 0 Å². The van der Waals surface area contributed by atoms with Gasteiger partial charge < -0.3 is 14.0 Å². The molecule has 6 heteroatoms. The van der Waals surface area contributed by atoms with E-state index in [1.54, 1.807) is 35.8 Å². The van der Waals surface area contributed by atoms with E-state index in [2.05, 4.69) is 4.98 Å². The third kappa shape index (κ3) is 2.49. The molecule has 3 rings (SSSR count). The molecule has 0 spiro atoms. The SMILES string of the molecule is O=CN1CCC(OC(=O)c2ccn3cncc3c2)CC1. The van der Waals surface area contributed by atoms with Crippen molar-refractivity contribution < 1.29 is 14.3 Å². The van der Waals surface area contributed by atoms with E-state index in [9.17, 15) is 9.59 Å². The largest absolute Gasteiger partial charge is 0.459 e. The minimum Gasteiger partial charge on any atom is -0.459 e. The van der Waals surface area contributed by atoms with Crippen molar-refractivity contribution in [2.75, 3.05) is 13.1 Å². The fourth-order valence-electron chi connectivity index (χ4n) is 2.36. The highest BCUT2D eigenvalue weighted by Crippen LogP contribution is 2.15.